The van der Waals surface area contributed by atoms with Crippen LogP contribution in [0.25, 0.3) is 0 Å². The van der Waals surface area contributed by atoms with Crippen LogP contribution in [0.2, 0.25) is 0 Å². The Morgan fingerprint density at radius 3 is 2.93 bits per heavy atom. The predicted octanol–water partition coefficient (Wildman–Crippen LogP) is 1.10. The Kier molecular flexibility index (Phi) is 4.71. The second kappa shape index (κ2) is 5.82. The highest BCUT2D eigenvalue weighted by Crippen LogP contribution is 2.03. The molecule has 5 heteroatoms. The molecule has 0 bridgehead atoms. The highest BCUT2D eigenvalue weighted by molar-refractivity contribution is 7.09. The van der Waals surface area contributed by atoms with Crippen molar-refractivity contribution in [2.24, 2.45) is 0 Å². The van der Waals surface area contributed by atoms with E-state index in [1.807, 2.05) is 27.1 Å². The summed E-state index contributed by atoms with van der Waals surface area (Å²) in [6.07, 6.45) is 1.81. The number of rotatable bonds is 5. The van der Waals surface area contributed by atoms with E-state index in [-0.39, 0.29) is 11.9 Å². The maximum absolute atomic E-state index is 11.6. The first-order chi connectivity index (χ1) is 7.11. The molecule has 0 unspecified atom stereocenters. The molecule has 1 heterocycles. The number of amides is 1. The Balaban J connectivity index is 2.23. The molecule has 0 saturated heterocycles. The molecule has 0 spiro atoms. The van der Waals surface area contributed by atoms with Gasteiger partial charge in [0.1, 0.15) is 0 Å². The molecule has 1 amide bonds. The zero-order valence-corrected chi connectivity index (χ0v) is 10.2. The molecule has 0 aliphatic rings. The summed E-state index contributed by atoms with van der Waals surface area (Å²) in [6.45, 7) is 5.09. The van der Waals surface area contributed by atoms with Gasteiger partial charge in [-0.2, -0.15) is 0 Å². The topological polar surface area (TPSA) is 45.2 Å². The first-order valence-electron chi connectivity index (χ1n) is 4.95. The van der Waals surface area contributed by atoms with Crippen LogP contribution in [0, 0.1) is 0 Å². The molecule has 0 saturated carbocycles. The lowest BCUT2D eigenvalue weighted by Gasteiger charge is -2.21. The predicted molar refractivity (Wildman–Crippen MR) is 61.7 cm³/mol. The van der Waals surface area contributed by atoms with Crippen LogP contribution in [0.5, 0.6) is 0 Å². The standard InChI is InChI=1S/C10H17N3OS/c1-8(2)13(3)10(14)6-11-4-9-5-12-7-15-9/h5,7-8,11H,4,6H2,1-3H3. The SMILES string of the molecule is CC(C)N(C)C(=O)CNCc1cncs1. The first kappa shape index (κ1) is 12.1. The lowest BCUT2D eigenvalue weighted by molar-refractivity contribution is -0.130. The molecule has 0 aliphatic heterocycles. The van der Waals surface area contributed by atoms with Gasteiger partial charge in [-0.1, -0.05) is 0 Å². The summed E-state index contributed by atoms with van der Waals surface area (Å²) in [6, 6.07) is 0.253. The van der Waals surface area contributed by atoms with E-state index >= 15 is 0 Å². The van der Waals surface area contributed by atoms with E-state index in [4.69, 9.17) is 0 Å². The molecule has 0 atom stereocenters. The van der Waals surface area contributed by atoms with Crippen LogP contribution in [0.15, 0.2) is 11.7 Å². The maximum Gasteiger partial charge on any atom is 0.236 e. The van der Waals surface area contributed by atoms with Crippen LogP contribution in [0.4, 0.5) is 0 Å². The van der Waals surface area contributed by atoms with Gasteiger partial charge in [0, 0.05) is 30.7 Å². The number of nitrogens with zero attached hydrogens (tertiary/aromatic N) is 2. The van der Waals surface area contributed by atoms with Crippen molar-refractivity contribution >= 4 is 17.2 Å². The minimum atomic E-state index is 0.120. The van der Waals surface area contributed by atoms with Crippen LogP contribution < -0.4 is 5.32 Å². The number of aromatic nitrogens is 1. The number of nitrogens with one attached hydrogen (secondary N) is 1. The Morgan fingerprint density at radius 2 is 2.40 bits per heavy atom. The van der Waals surface area contributed by atoms with Crippen LogP contribution in [-0.4, -0.2) is 35.4 Å². The Labute approximate surface area is 94.3 Å². The van der Waals surface area contributed by atoms with Gasteiger partial charge in [0.05, 0.1) is 12.1 Å². The minimum absolute atomic E-state index is 0.120. The third kappa shape index (κ3) is 3.97. The Hall–Kier alpha value is -0.940. The molecule has 1 aromatic rings. The minimum Gasteiger partial charge on any atom is -0.342 e. The largest absolute Gasteiger partial charge is 0.342 e. The molecule has 1 rings (SSSR count). The molecule has 15 heavy (non-hydrogen) atoms. The quantitative estimate of drug-likeness (QED) is 0.819. The first-order valence-corrected chi connectivity index (χ1v) is 5.83. The summed E-state index contributed by atoms with van der Waals surface area (Å²) >= 11 is 1.59. The third-order valence-corrected chi connectivity index (χ3v) is 3.01. The number of likely N-dealkylation sites (N-methyl/N-ethyl adjacent to an activating group) is 1. The molecule has 1 aromatic heterocycles. The summed E-state index contributed by atoms with van der Waals surface area (Å²) in [5, 5.41) is 3.10. The second-order valence-corrected chi connectivity index (χ2v) is 4.64. The average molecular weight is 227 g/mol. The summed E-state index contributed by atoms with van der Waals surface area (Å²) in [5.41, 5.74) is 1.79. The van der Waals surface area contributed by atoms with Crippen molar-refractivity contribution in [3.63, 3.8) is 0 Å². The van der Waals surface area contributed by atoms with Gasteiger partial charge in [-0.3, -0.25) is 9.78 Å². The lowest BCUT2D eigenvalue weighted by atomic mass is 10.3. The van der Waals surface area contributed by atoms with E-state index < -0.39 is 0 Å². The van der Waals surface area contributed by atoms with Gasteiger partial charge in [-0.05, 0) is 13.8 Å². The van der Waals surface area contributed by atoms with Gasteiger partial charge in [0.2, 0.25) is 5.91 Å². The van der Waals surface area contributed by atoms with Gasteiger partial charge in [-0.25, -0.2) is 0 Å². The number of carbonyl (C=O) groups is 1. The fourth-order valence-electron chi connectivity index (χ4n) is 1.03. The van der Waals surface area contributed by atoms with Gasteiger partial charge >= 0.3 is 0 Å². The van der Waals surface area contributed by atoms with E-state index in [9.17, 15) is 4.79 Å². The van der Waals surface area contributed by atoms with Gasteiger partial charge < -0.3 is 10.2 Å². The molecule has 0 aromatic carbocycles. The fourth-order valence-corrected chi connectivity index (χ4v) is 1.60. The van der Waals surface area contributed by atoms with E-state index in [1.54, 1.807) is 21.7 Å². The molecule has 0 aliphatic carbocycles. The normalized spacial score (nSPS) is 10.7. The second-order valence-electron chi connectivity index (χ2n) is 3.67. The van der Waals surface area contributed by atoms with Crippen molar-refractivity contribution in [2.75, 3.05) is 13.6 Å². The maximum atomic E-state index is 11.6. The van der Waals surface area contributed by atoms with Crippen LogP contribution in [-0.2, 0) is 11.3 Å². The molecule has 1 N–H and O–H groups in total. The Bertz CT molecular complexity index is 298. The molecule has 0 fully saturated rings. The zero-order valence-electron chi connectivity index (χ0n) is 9.36. The monoisotopic (exact) mass is 227 g/mol. The van der Waals surface area contributed by atoms with E-state index in [0.29, 0.717) is 13.1 Å². The fraction of sp³-hybridized carbons (Fsp3) is 0.600. The van der Waals surface area contributed by atoms with Crippen molar-refractivity contribution < 1.29 is 4.79 Å². The smallest absolute Gasteiger partial charge is 0.236 e. The number of hydrogen-bond donors (Lipinski definition) is 1. The van der Waals surface area contributed by atoms with Crippen LogP contribution >= 0.6 is 11.3 Å². The lowest BCUT2D eigenvalue weighted by Crippen LogP contribution is -2.39. The Morgan fingerprint density at radius 1 is 1.67 bits per heavy atom. The number of thiazole rings is 1. The summed E-state index contributed by atoms with van der Waals surface area (Å²) in [7, 11) is 1.82. The number of carbonyl (C=O) groups excluding carboxylic acids is 1. The zero-order chi connectivity index (χ0) is 11.3. The van der Waals surface area contributed by atoms with Crippen molar-refractivity contribution in [1.29, 1.82) is 0 Å². The van der Waals surface area contributed by atoms with Crippen molar-refractivity contribution in [3.8, 4) is 0 Å². The van der Waals surface area contributed by atoms with Crippen molar-refractivity contribution in [3.05, 3.63) is 16.6 Å². The van der Waals surface area contributed by atoms with Crippen LogP contribution in [0.1, 0.15) is 18.7 Å². The third-order valence-electron chi connectivity index (χ3n) is 2.23. The molecular weight excluding hydrogens is 210 g/mol. The number of hydrogen-bond acceptors (Lipinski definition) is 4. The summed E-state index contributed by atoms with van der Waals surface area (Å²) < 4.78 is 0. The highest BCUT2D eigenvalue weighted by Gasteiger charge is 2.10. The van der Waals surface area contributed by atoms with Gasteiger partial charge in [0.25, 0.3) is 0 Å². The molecule has 84 valence electrons. The van der Waals surface area contributed by atoms with Gasteiger partial charge in [-0.15, -0.1) is 11.3 Å². The van der Waals surface area contributed by atoms with E-state index in [2.05, 4.69) is 10.3 Å². The average Bonchev–Trinajstić information content (AvgIpc) is 2.69. The van der Waals surface area contributed by atoms with Gasteiger partial charge in [0.15, 0.2) is 0 Å². The molecule has 0 radical (unpaired) electrons. The molecule has 4 nitrogen and oxygen atoms in total. The molecular formula is C10H17N3OS. The highest BCUT2D eigenvalue weighted by atomic mass is 32.1. The van der Waals surface area contributed by atoms with E-state index in [0.717, 1.165) is 4.88 Å². The van der Waals surface area contributed by atoms with Crippen molar-refractivity contribution in [2.45, 2.75) is 26.4 Å². The summed E-state index contributed by atoms with van der Waals surface area (Å²) in [4.78, 5) is 18.4. The van der Waals surface area contributed by atoms with E-state index in [1.165, 1.54) is 0 Å². The van der Waals surface area contributed by atoms with Crippen LogP contribution in [0.3, 0.4) is 0 Å². The summed E-state index contributed by atoms with van der Waals surface area (Å²) in [5.74, 6) is 0.120. The van der Waals surface area contributed by atoms with Crippen molar-refractivity contribution in [1.82, 2.24) is 15.2 Å².